The maximum atomic E-state index is 5.64. The van der Waals surface area contributed by atoms with E-state index in [1.165, 1.54) is 16.8 Å². The number of benzene rings is 2. The van der Waals surface area contributed by atoms with Gasteiger partial charge in [0.25, 0.3) is 0 Å². The first-order chi connectivity index (χ1) is 10.8. The van der Waals surface area contributed by atoms with Gasteiger partial charge in [-0.15, -0.1) is 0 Å². The van der Waals surface area contributed by atoms with E-state index in [-0.39, 0.29) is 6.10 Å². The number of hydroxylamine groups is 1. The third-order valence-electron chi connectivity index (χ3n) is 3.85. The predicted molar refractivity (Wildman–Crippen MR) is 87.6 cm³/mol. The molecule has 1 N–H and O–H groups in total. The molecule has 22 heavy (non-hydrogen) atoms. The molecular weight excluding hydrogens is 274 g/mol. The summed E-state index contributed by atoms with van der Waals surface area (Å²) in [4.78, 5) is 5.64. The first-order valence-corrected chi connectivity index (χ1v) is 7.63. The molecule has 2 aromatic rings. The molecule has 2 aromatic carbocycles. The summed E-state index contributed by atoms with van der Waals surface area (Å²) in [5, 5.41) is 0. The van der Waals surface area contributed by atoms with Gasteiger partial charge < -0.3 is 4.74 Å². The van der Waals surface area contributed by atoms with E-state index in [2.05, 4.69) is 48.0 Å². The quantitative estimate of drug-likeness (QED) is 0.882. The van der Waals surface area contributed by atoms with Crippen LogP contribution in [0.4, 0.5) is 0 Å². The SMILES string of the molecule is COc1ccc(CC2C=C(CCc3ccccc3)NO2)cc1. The van der Waals surface area contributed by atoms with E-state index in [1.54, 1.807) is 7.11 Å². The van der Waals surface area contributed by atoms with Gasteiger partial charge in [-0.1, -0.05) is 42.5 Å². The molecule has 1 aliphatic rings. The van der Waals surface area contributed by atoms with E-state index in [0.717, 1.165) is 25.0 Å². The number of rotatable bonds is 6. The number of hydrogen-bond donors (Lipinski definition) is 1. The summed E-state index contributed by atoms with van der Waals surface area (Å²) < 4.78 is 5.17. The van der Waals surface area contributed by atoms with Crippen LogP contribution >= 0.6 is 0 Å². The van der Waals surface area contributed by atoms with Gasteiger partial charge in [0.2, 0.25) is 0 Å². The average Bonchev–Trinajstić information content (AvgIpc) is 3.02. The molecule has 0 bridgehead atoms. The third-order valence-corrected chi connectivity index (χ3v) is 3.85. The van der Waals surface area contributed by atoms with Crippen LogP contribution in [0, 0.1) is 0 Å². The third kappa shape index (κ3) is 3.89. The Morgan fingerprint density at radius 3 is 2.45 bits per heavy atom. The summed E-state index contributed by atoms with van der Waals surface area (Å²) in [7, 11) is 1.68. The lowest BCUT2D eigenvalue weighted by Crippen LogP contribution is -2.14. The Hall–Kier alpha value is -2.26. The van der Waals surface area contributed by atoms with Gasteiger partial charge in [0, 0.05) is 12.1 Å². The van der Waals surface area contributed by atoms with Gasteiger partial charge in [0.05, 0.1) is 7.11 Å². The molecule has 0 fully saturated rings. The minimum atomic E-state index is 0.0965. The fourth-order valence-corrected chi connectivity index (χ4v) is 2.60. The van der Waals surface area contributed by atoms with Crippen molar-refractivity contribution in [2.24, 2.45) is 0 Å². The van der Waals surface area contributed by atoms with Crippen molar-refractivity contribution in [1.29, 1.82) is 0 Å². The number of hydrogen-bond acceptors (Lipinski definition) is 3. The standard InChI is InChI=1S/C19H21NO2/c1-21-18-11-8-16(9-12-18)13-19-14-17(20-22-19)10-7-15-5-3-2-4-6-15/h2-6,8-9,11-12,14,19-20H,7,10,13H2,1H3. The molecule has 1 heterocycles. The predicted octanol–water partition coefficient (Wildman–Crippen LogP) is 3.66. The van der Waals surface area contributed by atoms with Crippen molar-refractivity contribution in [3.05, 3.63) is 77.5 Å². The van der Waals surface area contributed by atoms with Gasteiger partial charge in [-0.05, 0) is 42.2 Å². The minimum absolute atomic E-state index is 0.0965. The Labute approximate surface area is 131 Å². The molecule has 0 spiro atoms. The highest BCUT2D eigenvalue weighted by atomic mass is 16.7. The zero-order valence-corrected chi connectivity index (χ0v) is 12.8. The van der Waals surface area contributed by atoms with Gasteiger partial charge in [-0.3, -0.25) is 10.3 Å². The molecule has 1 unspecified atom stereocenters. The van der Waals surface area contributed by atoms with E-state index in [0.29, 0.717) is 0 Å². The van der Waals surface area contributed by atoms with Crippen LogP contribution in [0.3, 0.4) is 0 Å². The second-order valence-electron chi connectivity index (χ2n) is 5.49. The first kappa shape index (κ1) is 14.7. The van der Waals surface area contributed by atoms with Crippen molar-refractivity contribution < 1.29 is 9.57 Å². The van der Waals surface area contributed by atoms with Gasteiger partial charge >= 0.3 is 0 Å². The van der Waals surface area contributed by atoms with Crippen LogP contribution in [0.2, 0.25) is 0 Å². The Balaban J connectivity index is 1.52. The second-order valence-corrected chi connectivity index (χ2v) is 5.49. The van der Waals surface area contributed by atoms with E-state index < -0.39 is 0 Å². The smallest absolute Gasteiger partial charge is 0.118 e. The number of nitrogens with one attached hydrogen (secondary N) is 1. The van der Waals surface area contributed by atoms with Crippen molar-refractivity contribution in [2.75, 3.05) is 7.11 Å². The van der Waals surface area contributed by atoms with Crippen molar-refractivity contribution >= 4 is 0 Å². The van der Waals surface area contributed by atoms with E-state index in [1.807, 2.05) is 18.2 Å². The summed E-state index contributed by atoms with van der Waals surface area (Å²) in [5.74, 6) is 0.883. The molecule has 0 radical (unpaired) electrons. The molecule has 114 valence electrons. The Kier molecular flexibility index (Phi) is 4.76. The summed E-state index contributed by atoms with van der Waals surface area (Å²) in [6, 6.07) is 18.6. The van der Waals surface area contributed by atoms with Crippen molar-refractivity contribution in [3.63, 3.8) is 0 Å². The fraction of sp³-hybridized carbons (Fsp3) is 0.263. The zero-order valence-electron chi connectivity index (χ0n) is 12.8. The number of allylic oxidation sites excluding steroid dienone is 1. The van der Waals surface area contributed by atoms with Gasteiger partial charge in [0.15, 0.2) is 0 Å². The molecule has 0 amide bonds. The van der Waals surface area contributed by atoms with Crippen LogP contribution in [-0.4, -0.2) is 13.2 Å². The van der Waals surface area contributed by atoms with E-state index in [4.69, 9.17) is 9.57 Å². The van der Waals surface area contributed by atoms with E-state index in [9.17, 15) is 0 Å². The van der Waals surface area contributed by atoms with Crippen LogP contribution in [0.25, 0.3) is 0 Å². The van der Waals surface area contributed by atoms with Crippen LogP contribution in [0.5, 0.6) is 5.75 Å². The summed E-state index contributed by atoms with van der Waals surface area (Å²) in [6.07, 6.45) is 5.15. The maximum Gasteiger partial charge on any atom is 0.118 e. The highest BCUT2D eigenvalue weighted by Gasteiger charge is 2.16. The monoisotopic (exact) mass is 295 g/mol. The lowest BCUT2D eigenvalue weighted by Gasteiger charge is -2.08. The normalized spacial score (nSPS) is 17.0. The highest BCUT2D eigenvalue weighted by molar-refractivity contribution is 5.28. The average molecular weight is 295 g/mol. The maximum absolute atomic E-state index is 5.64. The molecule has 0 aromatic heterocycles. The van der Waals surface area contributed by atoms with Crippen molar-refractivity contribution in [3.8, 4) is 5.75 Å². The number of ether oxygens (including phenoxy) is 1. The molecule has 1 aliphatic heterocycles. The topological polar surface area (TPSA) is 30.5 Å². The number of methoxy groups -OCH3 is 1. The highest BCUT2D eigenvalue weighted by Crippen LogP contribution is 2.18. The van der Waals surface area contributed by atoms with Crippen LogP contribution < -0.4 is 10.2 Å². The van der Waals surface area contributed by atoms with E-state index >= 15 is 0 Å². The van der Waals surface area contributed by atoms with Crippen LogP contribution in [-0.2, 0) is 17.7 Å². The lowest BCUT2D eigenvalue weighted by atomic mass is 10.1. The molecule has 3 nitrogen and oxygen atoms in total. The van der Waals surface area contributed by atoms with Crippen LogP contribution in [0.1, 0.15) is 17.5 Å². The van der Waals surface area contributed by atoms with Crippen LogP contribution in [0.15, 0.2) is 66.4 Å². The molecule has 3 rings (SSSR count). The van der Waals surface area contributed by atoms with Gasteiger partial charge in [0.1, 0.15) is 11.9 Å². The Bertz CT molecular complexity index is 620. The fourth-order valence-electron chi connectivity index (χ4n) is 2.60. The Morgan fingerprint density at radius 2 is 1.73 bits per heavy atom. The molecule has 0 aliphatic carbocycles. The van der Waals surface area contributed by atoms with Gasteiger partial charge in [-0.25, -0.2) is 0 Å². The minimum Gasteiger partial charge on any atom is -0.497 e. The summed E-state index contributed by atoms with van der Waals surface area (Å²) >= 11 is 0. The lowest BCUT2D eigenvalue weighted by molar-refractivity contribution is 0.0418. The molecule has 3 heteroatoms. The van der Waals surface area contributed by atoms with Crippen molar-refractivity contribution in [1.82, 2.24) is 5.48 Å². The second kappa shape index (κ2) is 7.14. The van der Waals surface area contributed by atoms with Gasteiger partial charge in [-0.2, -0.15) is 0 Å². The molecule has 0 saturated heterocycles. The Morgan fingerprint density at radius 1 is 0.955 bits per heavy atom. The summed E-state index contributed by atoms with van der Waals surface area (Å²) in [6.45, 7) is 0. The molecule has 1 atom stereocenters. The largest absolute Gasteiger partial charge is 0.497 e. The molecule has 0 saturated carbocycles. The molecular formula is C19H21NO2. The zero-order chi connectivity index (χ0) is 15.2. The first-order valence-electron chi connectivity index (χ1n) is 7.63. The van der Waals surface area contributed by atoms with Crippen molar-refractivity contribution in [2.45, 2.75) is 25.4 Å². The number of aryl methyl sites for hydroxylation is 1. The summed E-state index contributed by atoms with van der Waals surface area (Å²) in [5.41, 5.74) is 6.82.